The van der Waals surface area contributed by atoms with Crippen LogP contribution in [0.5, 0.6) is 0 Å². The van der Waals surface area contributed by atoms with E-state index in [9.17, 15) is 0 Å². The highest BCUT2D eigenvalue weighted by atomic mass is 16.5. The number of rotatable bonds is 9. The van der Waals surface area contributed by atoms with Crippen LogP contribution in [0.1, 0.15) is 45.2 Å². The van der Waals surface area contributed by atoms with Crippen molar-refractivity contribution in [3.8, 4) is 0 Å². The van der Waals surface area contributed by atoms with Gasteiger partial charge in [-0.3, -0.25) is 4.68 Å². The maximum absolute atomic E-state index is 5.42. The van der Waals surface area contributed by atoms with Crippen LogP contribution in [0.2, 0.25) is 0 Å². The SMILES string of the molecule is CCCn1cc(C(CCOCC)NCC)cn1. The molecule has 4 heteroatoms. The lowest BCUT2D eigenvalue weighted by molar-refractivity contribution is 0.136. The second kappa shape index (κ2) is 8.25. The smallest absolute Gasteiger partial charge is 0.0537 e. The summed E-state index contributed by atoms with van der Waals surface area (Å²) in [7, 11) is 0. The average molecular weight is 239 g/mol. The fourth-order valence-corrected chi connectivity index (χ4v) is 1.89. The van der Waals surface area contributed by atoms with Crippen molar-refractivity contribution in [3.63, 3.8) is 0 Å². The van der Waals surface area contributed by atoms with Crippen LogP contribution in [0.3, 0.4) is 0 Å². The van der Waals surface area contributed by atoms with E-state index in [0.29, 0.717) is 6.04 Å². The largest absolute Gasteiger partial charge is 0.382 e. The van der Waals surface area contributed by atoms with E-state index >= 15 is 0 Å². The minimum atomic E-state index is 0.358. The molecule has 1 aromatic heterocycles. The summed E-state index contributed by atoms with van der Waals surface area (Å²) in [4.78, 5) is 0. The lowest BCUT2D eigenvalue weighted by Crippen LogP contribution is -2.22. The Morgan fingerprint density at radius 3 is 2.88 bits per heavy atom. The van der Waals surface area contributed by atoms with E-state index in [1.165, 1.54) is 5.56 Å². The minimum absolute atomic E-state index is 0.358. The van der Waals surface area contributed by atoms with Crippen molar-refractivity contribution >= 4 is 0 Å². The summed E-state index contributed by atoms with van der Waals surface area (Å²) < 4.78 is 7.43. The quantitative estimate of drug-likeness (QED) is 0.672. The minimum Gasteiger partial charge on any atom is -0.382 e. The van der Waals surface area contributed by atoms with Crippen LogP contribution >= 0.6 is 0 Å². The van der Waals surface area contributed by atoms with Crippen LogP contribution < -0.4 is 5.32 Å². The van der Waals surface area contributed by atoms with Crippen LogP contribution in [0, 0.1) is 0 Å². The molecular weight excluding hydrogens is 214 g/mol. The van der Waals surface area contributed by atoms with Gasteiger partial charge in [0, 0.05) is 37.6 Å². The lowest BCUT2D eigenvalue weighted by Gasteiger charge is -2.16. The molecule has 0 saturated carbocycles. The molecule has 0 aliphatic rings. The van der Waals surface area contributed by atoms with Crippen molar-refractivity contribution in [3.05, 3.63) is 18.0 Å². The van der Waals surface area contributed by atoms with Crippen LogP contribution in [0.4, 0.5) is 0 Å². The van der Waals surface area contributed by atoms with Crippen LogP contribution in [0.25, 0.3) is 0 Å². The zero-order valence-electron chi connectivity index (χ0n) is 11.3. The van der Waals surface area contributed by atoms with Gasteiger partial charge in [-0.15, -0.1) is 0 Å². The van der Waals surface area contributed by atoms with Crippen LogP contribution in [-0.2, 0) is 11.3 Å². The first-order valence-corrected chi connectivity index (χ1v) is 6.65. The second-order valence-electron chi connectivity index (χ2n) is 4.13. The maximum atomic E-state index is 5.42. The van der Waals surface area contributed by atoms with Gasteiger partial charge in [0.05, 0.1) is 6.20 Å². The summed E-state index contributed by atoms with van der Waals surface area (Å²) >= 11 is 0. The van der Waals surface area contributed by atoms with Gasteiger partial charge in [0.25, 0.3) is 0 Å². The first-order valence-electron chi connectivity index (χ1n) is 6.65. The van der Waals surface area contributed by atoms with Crippen molar-refractivity contribution in [1.29, 1.82) is 0 Å². The molecule has 0 aliphatic carbocycles. The van der Waals surface area contributed by atoms with E-state index < -0.39 is 0 Å². The van der Waals surface area contributed by atoms with E-state index in [-0.39, 0.29) is 0 Å². The molecule has 1 unspecified atom stereocenters. The molecule has 4 nitrogen and oxygen atoms in total. The summed E-state index contributed by atoms with van der Waals surface area (Å²) in [5.41, 5.74) is 1.26. The number of nitrogens with zero attached hydrogens (tertiary/aromatic N) is 2. The Hall–Kier alpha value is -0.870. The first kappa shape index (κ1) is 14.2. The lowest BCUT2D eigenvalue weighted by atomic mass is 10.1. The Morgan fingerprint density at radius 1 is 1.41 bits per heavy atom. The van der Waals surface area contributed by atoms with Crippen LogP contribution in [-0.4, -0.2) is 29.5 Å². The average Bonchev–Trinajstić information content (AvgIpc) is 2.77. The predicted molar refractivity (Wildman–Crippen MR) is 70.0 cm³/mol. The van der Waals surface area contributed by atoms with Crippen molar-refractivity contribution in [2.24, 2.45) is 0 Å². The highest BCUT2D eigenvalue weighted by Gasteiger charge is 2.12. The predicted octanol–water partition coefficient (Wildman–Crippen LogP) is 2.37. The zero-order chi connectivity index (χ0) is 12.5. The van der Waals surface area contributed by atoms with Gasteiger partial charge in [-0.25, -0.2) is 0 Å². The van der Waals surface area contributed by atoms with Crippen molar-refractivity contribution in [1.82, 2.24) is 15.1 Å². The summed E-state index contributed by atoms with van der Waals surface area (Å²) in [5, 5.41) is 7.85. The molecule has 17 heavy (non-hydrogen) atoms. The zero-order valence-corrected chi connectivity index (χ0v) is 11.3. The Labute approximate surface area is 104 Å². The third kappa shape index (κ3) is 4.88. The van der Waals surface area contributed by atoms with Gasteiger partial charge in [0.2, 0.25) is 0 Å². The summed E-state index contributed by atoms with van der Waals surface area (Å²) in [6.45, 7) is 9.87. The topological polar surface area (TPSA) is 39.1 Å². The van der Waals surface area contributed by atoms with Crippen LogP contribution in [0.15, 0.2) is 12.4 Å². The highest BCUT2D eigenvalue weighted by molar-refractivity contribution is 5.10. The van der Waals surface area contributed by atoms with E-state index in [4.69, 9.17) is 4.74 Å². The molecule has 0 amide bonds. The van der Waals surface area contributed by atoms with Gasteiger partial charge in [-0.1, -0.05) is 13.8 Å². The molecule has 0 aromatic carbocycles. The number of hydrogen-bond donors (Lipinski definition) is 1. The van der Waals surface area contributed by atoms with Crippen molar-refractivity contribution in [2.45, 2.75) is 46.2 Å². The molecular formula is C13H25N3O. The molecule has 0 aliphatic heterocycles. The monoisotopic (exact) mass is 239 g/mol. The Kier molecular flexibility index (Phi) is 6.89. The molecule has 0 bridgehead atoms. The molecule has 0 radical (unpaired) electrons. The molecule has 1 atom stereocenters. The van der Waals surface area contributed by atoms with Gasteiger partial charge < -0.3 is 10.1 Å². The number of hydrogen-bond acceptors (Lipinski definition) is 3. The Balaban J connectivity index is 2.54. The Bertz CT molecular complexity index is 299. The van der Waals surface area contributed by atoms with Gasteiger partial charge in [0.1, 0.15) is 0 Å². The Morgan fingerprint density at radius 2 is 2.24 bits per heavy atom. The fraction of sp³-hybridized carbons (Fsp3) is 0.769. The maximum Gasteiger partial charge on any atom is 0.0537 e. The molecule has 0 saturated heterocycles. The fourth-order valence-electron chi connectivity index (χ4n) is 1.89. The standard InChI is InChI=1S/C13H25N3O/c1-4-8-16-11-12(10-15-16)13(14-5-2)7-9-17-6-3/h10-11,13-14H,4-9H2,1-3H3. The summed E-state index contributed by atoms with van der Waals surface area (Å²) in [6.07, 6.45) is 6.23. The first-order chi connectivity index (χ1) is 8.31. The van der Waals surface area contributed by atoms with Gasteiger partial charge in [-0.2, -0.15) is 5.10 Å². The summed E-state index contributed by atoms with van der Waals surface area (Å²) in [6, 6.07) is 0.358. The van der Waals surface area contributed by atoms with Crippen molar-refractivity contribution in [2.75, 3.05) is 19.8 Å². The number of ether oxygens (including phenoxy) is 1. The molecule has 1 N–H and O–H groups in total. The van der Waals surface area contributed by atoms with Gasteiger partial charge in [-0.05, 0) is 26.3 Å². The normalized spacial score (nSPS) is 12.9. The van der Waals surface area contributed by atoms with E-state index in [1.54, 1.807) is 0 Å². The molecule has 98 valence electrons. The van der Waals surface area contributed by atoms with E-state index in [2.05, 4.69) is 30.5 Å². The van der Waals surface area contributed by atoms with Gasteiger partial charge >= 0.3 is 0 Å². The van der Waals surface area contributed by atoms with E-state index in [0.717, 1.165) is 39.1 Å². The number of nitrogens with one attached hydrogen (secondary N) is 1. The molecule has 0 fully saturated rings. The highest BCUT2D eigenvalue weighted by Crippen LogP contribution is 2.16. The third-order valence-corrected chi connectivity index (χ3v) is 2.71. The van der Waals surface area contributed by atoms with Crippen molar-refractivity contribution < 1.29 is 4.74 Å². The molecule has 1 aromatic rings. The van der Waals surface area contributed by atoms with Gasteiger partial charge in [0.15, 0.2) is 0 Å². The number of aromatic nitrogens is 2. The number of aryl methyl sites for hydroxylation is 1. The van der Waals surface area contributed by atoms with E-state index in [1.807, 2.05) is 17.8 Å². The molecule has 1 rings (SSSR count). The second-order valence-corrected chi connectivity index (χ2v) is 4.13. The molecule has 1 heterocycles. The third-order valence-electron chi connectivity index (χ3n) is 2.71. The summed E-state index contributed by atoms with van der Waals surface area (Å²) in [5.74, 6) is 0. The molecule has 0 spiro atoms.